The van der Waals surface area contributed by atoms with E-state index in [1.807, 2.05) is 13.1 Å². The number of hydrogen-bond acceptors (Lipinski definition) is 3. The van der Waals surface area contributed by atoms with E-state index in [2.05, 4.69) is 15.5 Å². The monoisotopic (exact) mass is 266 g/mol. The molecule has 2 heterocycles. The van der Waals surface area contributed by atoms with Gasteiger partial charge in [-0.3, -0.25) is 5.10 Å². The van der Waals surface area contributed by atoms with Crippen molar-refractivity contribution in [2.24, 2.45) is 0 Å². The molecule has 1 aliphatic heterocycles. The molecule has 6 nitrogen and oxygen atoms in total. The van der Waals surface area contributed by atoms with E-state index in [1.54, 1.807) is 11.1 Å². The number of urea groups is 1. The average Bonchev–Trinajstić information content (AvgIpc) is 3.08. The smallest absolute Gasteiger partial charge is 0.317 e. The lowest BCUT2D eigenvalue weighted by molar-refractivity contribution is 0.100. The van der Waals surface area contributed by atoms with E-state index in [9.17, 15) is 4.79 Å². The van der Waals surface area contributed by atoms with Gasteiger partial charge in [0.05, 0.1) is 18.3 Å². The molecule has 0 unspecified atom stereocenters. The summed E-state index contributed by atoms with van der Waals surface area (Å²) in [6, 6.07) is 1.79. The Bertz CT molecular complexity index is 374. The number of hydrogen-bond donors (Lipinski definition) is 2. The Hall–Kier alpha value is -1.56. The predicted octanol–water partition coefficient (Wildman–Crippen LogP) is 1.51. The molecule has 0 aliphatic carbocycles. The fourth-order valence-corrected chi connectivity index (χ4v) is 2.22. The molecule has 1 aliphatic rings. The summed E-state index contributed by atoms with van der Waals surface area (Å²) in [5, 5.41) is 9.49. The lowest BCUT2D eigenvalue weighted by atomic mass is 10.1. The van der Waals surface area contributed by atoms with Crippen molar-refractivity contribution in [3.63, 3.8) is 0 Å². The van der Waals surface area contributed by atoms with Crippen molar-refractivity contribution in [1.29, 1.82) is 0 Å². The number of ether oxygens (including phenoxy) is 1. The van der Waals surface area contributed by atoms with Crippen LogP contribution in [0.15, 0.2) is 12.3 Å². The molecule has 0 saturated carbocycles. The standard InChI is InChI=1S/C13H22N4O2/c1-17(8-2-4-12-5-3-9-19-12)13(18)14-10-11-6-7-15-16-11/h6-7,12H,2-5,8-10H2,1H3,(H,14,18)(H,15,16)/t12-/m0/s1. The van der Waals surface area contributed by atoms with Gasteiger partial charge in [-0.2, -0.15) is 5.10 Å². The van der Waals surface area contributed by atoms with Gasteiger partial charge in [-0.25, -0.2) is 4.79 Å². The van der Waals surface area contributed by atoms with E-state index >= 15 is 0 Å². The summed E-state index contributed by atoms with van der Waals surface area (Å²) < 4.78 is 5.56. The lowest BCUT2D eigenvalue weighted by Gasteiger charge is -2.18. The summed E-state index contributed by atoms with van der Waals surface area (Å²) in [6.45, 7) is 2.13. The van der Waals surface area contributed by atoms with Crippen molar-refractivity contribution in [2.45, 2.75) is 38.3 Å². The number of nitrogens with zero attached hydrogens (tertiary/aromatic N) is 2. The minimum absolute atomic E-state index is 0.0538. The van der Waals surface area contributed by atoms with Crippen LogP contribution in [0.1, 0.15) is 31.4 Å². The molecule has 1 aromatic rings. The third-order valence-corrected chi connectivity index (χ3v) is 3.38. The normalized spacial score (nSPS) is 18.5. The van der Waals surface area contributed by atoms with Crippen molar-refractivity contribution in [3.05, 3.63) is 18.0 Å². The van der Waals surface area contributed by atoms with Gasteiger partial charge in [-0.1, -0.05) is 0 Å². The highest BCUT2D eigenvalue weighted by atomic mass is 16.5. The molecule has 6 heteroatoms. The van der Waals surface area contributed by atoms with Crippen LogP contribution in [0.4, 0.5) is 4.79 Å². The maximum Gasteiger partial charge on any atom is 0.317 e. The molecule has 2 N–H and O–H groups in total. The topological polar surface area (TPSA) is 70.2 Å². The number of carbonyl (C=O) groups excluding carboxylic acids is 1. The van der Waals surface area contributed by atoms with Gasteiger partial charge in [0.25, 0.3) is 0 Å². The Labute approximate surface area is 113 Å². The van der Waals surface area contributed by atoms with Crippen molar-refractivity contribution in [2.75, 3.05) is 20.2 Å². The van der Waals surface area contributed by atoms with E-state index < -0.39 is 0 Å². The van der Waals surface area contributed by atoms with Gasteiger partial charge >= 0.3 is 6.03 Å². The number of aromatic amines is 1. The summed E-state index contributed by atoms with van der Waals surface area (Å²) in [6.07, 6.45) is 6.44. The first-order chi connectivity index (χ1) is 9.25. The molecule has 1 aromatic heterocycles. The Kier molecular flexibility index (Phi) is 5.20. The molecule has 0 radical (unpaired) electrons. The first-order valence-electron chi connectivity index (χ1n) is 6.84. The highest BCUT2D eigenvalue weighted by Crippen LogP contribution is 2.16. The summed E-state index contributed by atoms with van der Waals surface area (Å²) >= 11 is 0. The average molecular weight is 266 g/mol. The van der Waals surface area contributed by atoms with Gasteiger partial charge in [0, 0.05) is 26.4 Å². The minimum atomic E-state index is -0.0538. The molecule has 1 fully saturated rings. The Morgan fingerprint density at radius 1 is 1.68 bits per heavy atom. The third-order valence-electron chi connectivity index (χ3n) is 3.38. The number of aromatic nitrogens is 2. The van der Waals surface area contributed by atoms with Crippen LogP contribution in [0.2, 0.25) is 0 Å². The summed E-state index contributed by atoms with van der Waals surface area (Å²) in [5.41, 5.74) is 0.904. The zero-order chi connectivity index (χ0) is 13.5. The van der Waals surface area contributed by atoms with E-state index in [4.69, 9.17) is 4.74 Å². The fourth-order valence-electron chi connectivity index (χ4n) is 2.22. The zero-order valence-electron chi connectivity index (χ0n) is 11.4. The van der Waals surface area contributed by atoms with Crippen LogP contribution in [0.5, 0.6) is 0 Å². The number of amides is 2. The van der Waals surface area contributed by atoms with Gasteiger partial charge in [-0.15, -0.1) is 0 Å². The van der Waals surface area contributed by atoms with Crippen molar-refractivity contribution >= 4 is 6.03 Å². The Balaban J connectivity index is 1.59. The second-order valence-electron chi connectivity index (χ2n) is 4.94. The predicted molar refractivity (Wildman–Crippen MR) is 71.7 cm³/mol. The van der Waals surface area contributed by atoms with E-state index in [0.717, 1.165) is 38.1 Å². The minimum Gasteiger partial charge on any atom is -0.378 e. The van der Waals surface area contributed by atoms with Crippen LogP contribution < -0.4 is 5.32 Å². The number of H-pyrrole nitrogens is 1. The molecule has 2 rings (SSSR count). The van der Waals surface area contributed by atoms with Gasteiger partial charge < -0.3 is 15.0 Å². The molecule has 106 valence electrons. The van der Waals surface area contributed by atoms with Crippen LogP contribution in [-0.4, -0.2) is 47.4 Å². The molecular weight excluding hydrogens is 244 g/mol. The molecule has 0 spiro atoms. The Morgan fingerprint density at radius 2 is 2.58 bits per heavy atom. The molecule has 0 bridgehead atoms. The highest BCUT2D eigenvalue weighted by molar-refractivity contribution is 5.73. The van der Waals surface area contributed by atoms with Crippen molar-refractivity contribution in [3.8, 4) is 0 Å². The molecule has 2 amide bonds. The van der Waals surface area contributed by atoms with Crippen LogP contribution in [0.3, 0.4) is 0 Å². The van der Waals surface area contributed by atoms with Crippen molar-refractivity contribution in [1.82, 2.24) is 20.4 Å². The number of nitrogens with one attached hydrogen (secondary N) is 2. The van der Waals surface area contributed by atoms with Crippen LogP contribution in [0, 0.1) is 0 Å². The SMILES string of the molecule is CN(CCC[C@H]1CCCO1)C(=O)NCc1ccn[nH]1. The van der Waals surface area contributed by atoms with E-state index in [0.29, 0.717) is 12.6 Å². The molecular formula is C13H22N4O2. The van der Waals surface area contributed by atoms with Crippen LogP contribution in [-0.2, 0) is 11.3 Å². The van der Waals surface area contributed by atoms with Gasteiger partial charge in [0.2, 0.25) is 0 Å². The maximum atomic E-state index is 11.8. The van der Waals surface area contributed by atoms with Gasteiger partial charge in [-0.05, 0) is 31.7 Å². The van der Waals surface area contributed by atoms with Gasteiger partial charge in [0.15, 0.2) is 0 Å². The third kappa shape index (κ3) is 4.55. The number of carbonyl (C=O) groups is 1. The largest absolute Gasteiger partial charge is 0.378 e. The van der Waals surface area contributed by atoms with Gasteiger partial charge in [0.1, 0.15) is 0 Å². The zero-order valence-corrected chi connectivity index (χ0v) is 11.4. The summed E-state index contributed by atoms with van der Waals surface area (Å²) in [4.78, 5) is 13.5. The summed E-state index contributed by atoms with van der Waals surface area (Å²) in [5.74, 6) is 0. The molecule has 0 aromatic carbocycles. The van der Waals surface area contributed by atoms with Crippen LogP contribution >= 0.6 is 0 Å². The summed E-state index contributed by atoms with van der Waals surface area (Å²) in [7, 11) is 1.82. The first kappa shape index (κ1) is 13.9. The van der Waals surface area contributed by atoms with Crippen LogP contribution in [0.25, 0.3) is 0 Å². The quantitative estimate of drug-likeness (QED) is 0.820. The van der Waals surface area contributed by atoms with E-state index in [-0.39, 0.29) is 6.03 Å². The van der Waals surface area contributed by atoms with E-state index in [1.165, 1.54) is 6.42 Å². The molecule has 1 saturated heterocycles. The first-order valence-corrected chi connectivity index (χ1v) is 6.84. The highest BCUT2D eigenvalue weighted by Gasteiger charge is 2.15. The molecule has 19 heavy (non-hydrogen) atoms. The fraction of sp³-hybridized carbons (Fsp3) is 0.692. The van der Waals surface area contributed by atoms with Crippen molar-refractivity contribution < 1.29 is 9.53 Å². The second-order valence-corrected chi connectivity index (χ2v) is 4.94. The second kappa shape index (κ2) is 7.13. The Morgan fingerprint density at radius 3 is 3.26 bits per heavy atom. The maximum absolute atomic E-state index is 11.8. The molecule has 1 atom stereocenters. The lowest BCUT2D eigenvalue weighted by Crippen LogP contribution is -2.37. The number of rotatable bonds is 6.